The number of rotatable bonds is 4. The van der Waals surface area contributed by atoms with Gasteiger partial charge in [0.25, 0.3) is 0 Å². The van der Waals surface area contributed by atoms with Gasteiger partial charge in [-0.25, -0.2) is 0 Å². The molecule has 0 aromatic heterocycles. The lowest BCUT2D eigenvalue weighted by molar-refractivity contribution is -0.119. The highest BCUT2D eigenvalue weighted by Gasteiger charge is 2.02. The molecule has 4 nitrogen and oxygen atoms in total. The highest BCUT2D eigenvalue weighted by molar-refractivity contribution is 5.94. The van der Waals surface area contributed by atoms with E-state index >= 15 is 0 Å². The van der Waals surface area contributed by atoms with Crippen LogP contribution < -0.4 is 10.6 Å². The third kappa shape index (κ3) is 4.79. The quantitative estimate of drug-likeness (QED) is 0.491. The lowest BCUT2D eigenvalue weighted by Gasteiger charge is -2.06. The molecule has 2 amide bonds. The van der Waals surface area contributed by atoms with E-state index in [4.69, 9.17) is 0 Å². The number of hydrogen-bond donors (Lipinski definition) is 2. The molecule has 0 bridgehead atoms. The zero-order valence-electron chi connectivity index (χ0n) is 7.94. The first-order chi connectivity index (χ1) is 5.95. The van der Waals surface area contributed by atoms with Crippen molar-refractivity contribution in [3.63, 3.8) is 0 Å². The molecule has 0 aliphatic heterocycles. The summed E-state index contributed by atoms with van der Waals surface area (Å²) in [5.41, 5.74) is 0.814. The SMILES string of the molecule is C=C(C)C(=O)[16NH]C[16NH]C(=O)C(=C)C. The van der Waals surface area contributed by atoms with Gasteiger partial charge < -0.3 is 10.6 Å². The Hall–Kier alpha value is -1.58. The van der Waals surface area contributed by atoms with Crippen molar-refractivity contribution in [1.82, 2.24) is 10.6 Å². The maximum absolute atomic E-state index is 10.9. The Morgan fingerprint density at radius 1 is 1.00 bits per heavy atom. The number of amides is 2. The average molecular weight is 186 g/mol. The molecule has 0 unspecified atom stereocenters. The van der Waals surface area contributed by atoms with Crippen molar-refractivity contribution in [1.29, 1.82) is 0 Å². The van der Waals surface area contributed by atoms with Gasteiger partial charge >= 0.3 is 0 Å². The van der Waals surface area contributed by atoms with E-state index in [1.165, 1.54) is 0 Å². The van der Waals surface area contributed by atoms with Crippen LogP contribution >= 0.6 is 0 Å². The minimum absolute atomic E-state index is 0.0946. The highest BCUT2D eigenvalue weighted by Crippen LogP contribution is 1.85. The molecule has 4 heteroatoms. The van der Waals surface area contributed by atoms with E-state index in [0.29, 0.717) is 11.1 Å². The Bertz CT molecular complexity index is 230. The molecular weight excluding hydrogens is 172 g/mol. The van der Waals surface area contributed by atoms with Gasteiger partial charge in [-0.15, -0.1) is 0 Å². The molecule has 2 N–H and O–H groups in total. The van der Waals surface area contributed by atoms with E-state index < -0.39 is 0 Å². The molecule has 0 atom stereocenters. The third-order valence-electron chi connectivity index (χ3n) is 1.27. The molecule has 0 saturated heterocycles. The van der Waals surface area contributed by atoms with E-state index in [9.17, 15) is 9.59 Å². The first-order valence-corrected chi connectivity index (χ1v) is 3.82. The molecule has 0 aliphatic rings. The second kappa shape index (κ2) is 5.13. The van der Waals surface area contributed by atoms with Crippen molar-refractivity contribution < 1.29 is 9.59 Å². The second-order valence-corrected chi connectivity index (χ2v) is 2.75. The van der Waals surface area contributed by atoms with Gasteiger partial charge in [-0.2, -0.15) is 0 Å². The normalized spacial score (nSPS) is 8.77. The largest absolute Gasteiger partial charge is 0.335 e. The van der Waals surface area contributed by atoms with Crippen LogP contribution in [0.4, 0.5) is 0 Å². The summed E-state index contributed by atoms with van der Waals surface area (Å²) in [5, 5.41) is 4.91. The molecular formula is C9H14N2O2. The highest BCUT2D eigenvalue weighted by atomic mass is 16.7. The van der Waals surface area contributed by atoms with Gasteiger partial charge in [-0.1, -0.05) is 13.2 Å². The summed E-state index contributed by atoms with van der Waals surface area (Å²) < 4.78 is 0. The topological polar surface area (TPSA) is 58.2 Å². The summed E-state index contributed by atoms with van der Waals surface area (Å²) >= 11 is 0. The number of carbonyl (C=O) groups is 2. The number of carbonyl (C=O) groups excluding carboxylic acids is 2. The molecule has 0 aromatic carbocycles. The monoisotopic (exact) mass is 186 g/mol. The summed E-state index contributed by atoms with van der Waals surface area (Å²) in [4.78, 5) is 21.8. The van der Waals surface area contributed by atoms with Crippen LogP contribution in [0, 0.1) is 0 Å². The lowest BCUT2D eigenvalue weighted by atomic mass is 10.4. The third-order valence-corrected chi connectivity index (χ3v) is 1.27. The molecule has 0 saturated carbocycles. The van der Waals surface area contributed by atoms with Crippen LogP contribution in [0.1, 0.15) is 13.8 Å². The van der Waals surface area contributed by atoms with Crippen LogP contribution in [0.3, 0.4) is 0 Å². The number of hydrogen-bond acceptors (Lipinski definition) is 2. The standard InChI is InChI=1S/C9H14N2O2/c1-6(2)8(12)10-5-11-9(13)7(3)4/h1,3,5H2,2,4H3,(H,10,12)(H,11,13)/i10+2,11+2. The molecule has 0 radical (unpaired) electrons. The smallest absolute Gasteiger partial charge is 0.247 e. The molecule has 0 aliphatic carbocycles. The van der Waals surface area contributed by atoms with E-state index in [1.807, 2.05) is 0 Å². The molecule has 0 aromatic rings. The van der Waals surface area contributed by atoms with Crippen LogP contribution in [-0.4, -0.2) is 18.5 Å². The number of nitrogens with one attached hydrogen (secondary N) is 2. The zero-order valence-corrected chi connectivity index (χ0v) is 7.94. The lowest BCUT2D eigenvalue weighted by Crippen LogP contribution is -2.37. The summed E-state index contributed by atoms with van der Waals surface area (Å²) in [6, 6.07) is 0. The summed E-state index contributed by atoms with van der Waals surface area (Å²) in [6.45, 7) is 10.2. The molecule has 0 fully saturated rings. The van der Waals surface area contributed by atoms with Crippen molar-refractivity contribution >= 4 is 11.8 Å². The van der Waals surface area contributed by atoms with Crippen LogP contribution in [0.25, 0.3) is 0 Å². The molecule has 0 heterocycles. The molecule has 0 spiro atoms. The fourth-order valence-corrected chi connectivity index (χ4v) is 0.507. The fraction of sp³-hybridized carbons (Fsp3) is 0.333. The first-order valence-electron chi connectivity index (χ1n) is 3.82. The molecule has 0 rings (SSSR count). The van der Waals surface area contributed by atoms with E-state index in [0.717, 1.165) is 0 Å². The van der Waals surface area contributed by atoms with Gasteiger partial charge in [-0.05, 0) is 13.8 Å². The Morgan fingerprint density at radius 3 is 1.54 bits per heavy atom. The van der Waals surface area contributed by atoms with Crippen LogP contribution in [-0.2, 0) is 9.59 Å². The second-order valence-electron chi connectivity index (χ2n) is 2.75. The van der Waals surface area contributed by atoms with Crippen LogP contribution in [0.2, 0.25) is 0 Å². The van der Waals surface area contributed by atoms with Gasteiger partial charge in [0.15, 0.2) is 0 Å². The van der Waals surface area contributed by atoms with Crippen LogP contribution in [0.15, 0.2) is 24.3 Å². The van der Waals surface area contributed by atoms with Crippen molar-refractivity contribution in [3.8, 4) is 0 Å². The maximum atomic E-state index is 10.9. The van der Waals surface area contributed by atoms with Gasteiger partial charge in [0.2, 0.25) is 11.8 Å². The van der Waals surface area contributed by atoms with E-state index in [2.05, 4.69) is 23.8 Å². The van der Waals surface area contributed by atoms with Crippen molar-refractivity contribution in [2.24, 2.45) is 0 Å². The van der Waals surface area contributed by atoms with Gasteiger partial charge in [0, 0.05) is 11.1 Å². The summed E-state index contributed by atoms with van der Waals surface area (Å²) in [7, 11) is 0. The Kier molecular flexibility index (Phi) is 4.51. The first kappa shape index (κ1) is 11.4. The Balaban J connectivity index is 3.69. The predicted molar refractivity (Wildman–Crippen MR) is 50.8 cm³/mol. The van der Waals surface area contributed by atoms with E-state index in [1.54, 1.807) is 13.8 Å². The van der Waals surface area contributed by atoms with Gasteiger partial charge in [-0.3, -0.25) is 9.59 Å². The van der Waals surface area contributed by atoms with Gasteiger partial charge in [0.1, 0.15) is 0 Å². The Morgan fingerprint density at radius 2 is 1.31 bits per heavy atom. The fourth-order valence-electron chi connectivity index (χ4n) is 0.507. The van der Waals surface area contributed by atoms with Gasteiger partial charge in [0.05, 0.1) is 6.67 Å². The minimum atomic E-state index is -0.276. The van der Waals surface area contributed by atoms with E-state index in [-0.39, 0.29) is 18.5 Å². The molecule has 72 valence electrons. The Labute approximate surface area is 77.7 Å². The van der Waals surface area contributed by atoms with Crippen molar-refractivity contribution in [2.75, 3.05) is 6.67 Å². The van der Waals surface area contributed by atoms with Crippen molar-refractivity contribution in [3.05, 3.63) is 24.3 Å². The zero-order chi connectivity index (χ0) is 10.4. The maximum Gasteiger partial charge on any atom is 0.247 e. The molecule has 13 heavy (non-hydrogen) atoms. The van der Waals surface area contributed by atoms with Crippen LogP contribution in [0.5, 0.6) is 0 Å². The predicted octanol–water partition coefficient (Wildman–Crippen LogP) is 0.329. The summed E-state index contributed by atoms with van der Waals surface area (Å²) in [6.07, 6.45) is 0. The average Bonchev–Trinajstić information content (AvgIpc) is 2.03. The summed E-state index contributed by atoms with van der Waals surface area (Å²) in [5.74, 6) is -0.552. The van der Waals surface area contributed by atoms with Crippen molar-refractivity contribution in [2.45, 2.75) is 13.8 Å². The minimum Gasteiger partial charge on any atom is -0.335 e.